The molecule has 206 valence electrons. The van der Waals surface area contributed by atoms with E-state index in [0.29, 0.717) is 0 Å². The van der Waals surface area contributed by atoms with Crippen molar-refractivity contribution < 1.29 is 30.7 Å². The Morgan fingerprint density at radius 1 is 1.05 bits per heavy atom. The lowest BCUT2D eigenvalue weighted by atomic mass is 10.1. The molecule has 0 amide bonds. The van der Waals surface area contributed by atoms with Gasteiger partial charge in [0.1, 0.15) is 17.6 Å². The van der Waals surface area contributed by atoms with E-state index in [0.717, 1.165) is 41.6 Å². The summed E-state index contributed by atoms with van der Waals surface area (Å²) in [5.74, 6) is -1.15. The lowest BCUT2D eigenvalue weighted by molar-refractivity contribution is -0.138. The van der Waals surface area contributed by atoms with Gasteiger partial charge in [-0.25, -0.2) is 37.6 Å². The van der Waals surface area contributed by atoms with E-state index in [4.69, 9.17) is 0 Å². The number of H-pyrrole nitrogens is 1. The van der Waals surface area contributed by atoms with Gasteiger partial charge >= 0.3 is 6.18 Å². The van der Waals surface area contributed by atoms with Gasteiger partial charge in [-0.2, -0.15) is 18.3 Å². The Morgan fingerprint density at radius 3 is 2.38 bits per heavy atom. The number of halogens is 7. The first-order valence-electron chi connectivity index (χ1n) is 11.2. The van der Waals surface area contributed by atoms with Gasteiger partial charge in [-0.1, -0.05) is 0 Å². The molecule has 0 unspecified atom stereocenters. The Balaban J connectivity index is 1.51. The molecule has 39 heavy (non-hydrogen) atoms. The second-order valence-electron chi connectivity index (χ2n) is 8.56. The van der Waals surface area contributed by atoms with Crippen molar-refractivity contribution in [3.63, 3.8) is 0 Å². The van der Waals surface area contributed by atoms with Crippen molar-refractivity contribution in [3.8, 4) is 11.4 Å². The lowest BCUT2D eigenvalue weighted by Crippen LogP contribution is -2.30. The number of aromatic amines is 1. The molecule has 4 rings (SSSR count). The van der Waals surface area contributed by atoms with Crippen LogP contribution in [0.25, 0.3) is 22.3 Å². The zero-order chi connectivity index (χ0) is 28.5. The number of nitrogens with one attached hydrogen (secondary N) is 2. The highest BCUT2D eigenvalue weighted by Gasteiger charge is 2.37. The van der Waals surface area contributed by atoms with Crippen LogP contribution in [0.15, 0.2) is 46.6 Å². The minimum absolute atomic E-state index is 0.0149. The summed E-state index contributed by atoms with van der Waals surface area (Å²) in [6.07, 6.45) is -6.45. The van der Waals surface area contributed by atoms with Crippen molar-refractivity contribution in [1.29, 1.82) is 0 Å². The molecule has 3 heterocycles. The summed E-state index contributed by atoms with van der Waals surface area (Å²) in [5.41, 5.74) is -5.02. The first kappa shape index (κ1) is 27.7. The lowest BCUT2D eigenvalue weighted by Gasteiger charge is -2.20. The van der Waals surface area contributed by atoms with Crippen molar-refractivity contribution >= 4 is 16.6 Å². The fraction of sp³-hybridized carbons (Fsp3) is 0.304. The van der Waals surface area contributed by atoms with E-state index in [1.165, 1.54) is 6.92 Å². The maximum Gasteiger partial charge on any atom is 0.423 e. The Kier molecular flexibility index (Phi) is 7.65. The van der Waals surface area contributed by atoms with Gasteiger partial charge in [0, 0.05) is 24.9 Å². The van der Waals surface area contributed by atoms with Crippen LogP contribution >= 0.6 is 0 Å². The van der Waals surface area contributed by atoms with Crippen LogP contribution in [-0.2, 0) is 12.7 Å². The number of hydrogen-bond acceptors (Lipinski definition) is 7. The van der Waals surface area contributed by atoms with E-state index < -0.39 is 65.1 Å². The average Bonchev–Trinajstić information content (AvgIpc) is 2.85. The van der Waals surface area contributed by atoms with Crippen LogP contribution in [0.1, 0.15) is 30.9 Å². The molecule has 0 aliphatic rings. The monoisotopic (exact) mass is 557 g/mol. The molecule has 9 nitrogen and oxygen atoms in total. The summed E-state index contributed by atoms with van der Waals surface area (Å²) >= 11 is 0. The number of aromatic nitrogens is 6. The van der Waals surface area contributed by atoms with Crippen molar-refractivity contribution in [2.75, 3.05) is 5.32 Å². The van der Waals surface area contributed by atoms with Gasteiger partial charge in [-0.05, 0) is 19.1 Å². The second-order valence-corrected chi connectivity index (χ2v) is 8.56. The van der Waals surface area contributed by atoms with Crippen LogP contribution in [0.3, 0.4) is 0 Å². The molecule has 16 heteroatoms. The Labute approximate surface area is 213 Å². The highest BCUT2D eigenvalue weighted by Crippen LogP contribution is 2.32. The fourth-order valence-corrected chi connectivity index (χ4v) is 3.86. The molecule has 0 aliphatic heterocycles. The molecule has 0 aliphatic carbocycles. The standard InChI is InChI=1S/C23H18F7N7O2/c1-10(35-17-7-34-36-21(38)18(17)23(28,29)30)2-12(24)8-37-9-33-16-4-13(15(25)3-14(16)22(37)39)20-31-5-11(6-32-20)19(26)27/h3-7,9-10,12,19H,2,8H2,1H3,(H2,35,36,38)/t10-,12+/m1/s1. The van der Waals surface area contributed by atoms with Gasteiger partial charge in [0.05, 0.1) is 46.8 Å². The van der Waals surface area contributed by atoms with Gasteiger partial charge in [0.25, 0.3) is 17.5 Å². The van der Waals surface area contributed by atoms with E-state index in [1.807, 2.05) is 0 Å². The number of rotatable bonds is 8. The highest BCUT2D eigenvalue weighted by molar-refractivity contribution is 5.82. The number of fused-ring (bicyclic) bond motifs is 1. The van der Waals surface area contributed by atoms with Gasteiger partial charge in [-0.15, -0.1) is 0 Å². The van der Waals surface area contributed by atoms with Crippen LogP contribution < -0.4 is 16.4 Å². The molecular formula is C23H18F7N7O2. The van der Waals surface area contributed by atoms with Gasteiger partial charge in [-0.3, -0.25) is 14.2 Å². The van der Waals surface area contributed by atoms with Crippen molar-refractivity contribution in [2.45, 2.75) is 44.7 Å². The predicted molar refractivity (Wildman–Crippen MR) is 124 cm³/mol. The van der Waals surface area contributed by atoms with Crippen LogP contribution in [0.2, 0.25) is 0 Å². The normalized spacial score (nSPS) is 13.6. The Hall–Kier alpha value is -4.37. The van der Waals surface area contributed by atoms with E-state index in [2.05, 4.69) is 25.4 Å². The van der Waals surface area contributed by atoms with Gasteiger partial charge in [0.2, 0.25) is 0 Å². The SMILES string of the molecule is C[C@H](C[C@H](F)Cn1cnc2cc(-c3ncc(C(F)F)cn3)c(F)cc2c1=O)Nc1cn[nH]c(=O)c1C(F)(F)F. The molecule has 0 saturated carbocycles. The molecule has 0 bridgehead atoms. The van der Waals surface area contributed by atoms with Crippen molar-refractivity contribution in [1.82, 2.24) is 29.7 Å². The quantitative estimate of drug-likeness (QED) is 0.311. The molecular weight excluding hydrogens is 539 g/mol. The van der Waals surface area contributed by atoms with Crippen LogP contribution in [-0.4, -0.2) is 41.9 Å². The molecule has 1 aromatic carbocycles. The van der Waals surface area contributed by atoms with E-state index in [1.54, 1.807) is 5.10 Å². The van der Waals surface area contributed by atoms with E-state index in [-0.39, 0.29) is 28.7 Å². The third-order valence-corrected chi connectivity index (χ3v) is 5.62. The molecule has 0 fully saturated rings. The summed E-state index contributed by atoms with van der Waals surface area (Å²) < 4.78 is 95.5. The first-order chi connectivity index (χ1) is 18.3. The van der Waals surface area contributed by atoms with E-state index in [9.17, 15) is 40.3 Å². The topological polar surface area (TPSA) is 118 Å². The summed E-state index contributed by atoms with van der Waals surface area (Å²) in [4.78, 5) is 35.9. The molecule has 3 aromatic heterocycles. The summed E-state index contributed by atoms with van der Waals surface area (Å²) in [6.45, 7) is 0.831. The number of hydrogen-bond donors (Lipinski definition) is 2. The van der Waals surface area contributed by atoms with Gasteiger partial charge in [0.15, 0.2) is 5.82 Å². The Bertz CT molecular complexity index is 1600. The third-order valence-electron chi connectivity index (χ3n) is 5.62. The number of nitrogens with zero attached hydrogens (tertiary/aromatic N) is 5. The van der Waals surface area contributed by atoms with Gasteiger partial charge < -0.3 is 5.32 Å². The second kappa shape index (κ2) is 10.8. The van der Waals surface area contributed by atoms with Crippen molar-refractivity contribution in [2.24, 2.45) is 0 Å². The number of anilines is 1. The zero-order valence-electron chi connectivity index (χ0n) is 19.8. The minimum Gasteiger partial charge on any atom is -0.381 e. The summed E-state index contributed by atoms with van der Waals surface area (Å²) in [7, 11) is 0. The van der Waals surface area contributed by atoms with Crippen molar-refractivity contribution in [3.05, 3.63) is 74.7 Å². The molecule has 0 spiro atoms. The average molecular weight is 557 g/mol. The molecule has 0 radical (unpaired) electrons. The largest absolute Gasteiger partial charge is 0.423 e. The molecule has 2 atom stereocenters. The summed E-state index contributed by atoms with van der Waals surface area (Å²) in [5, 5.41) is 7.22. The third kappa shape index (κ3) is 6.04. The highest BCUT2D eigenvalue weighted by atomic mass is 19.4. The molecule has 4 aromatic rings. The maximum atomic E-state index is 14.8. The smallest absolute Gasteiger partial charge is 0.381 e. The molecule has 0 saturated heterocycles. The summed E-state index contributed by atoms with van der Waals surface area (Å²) in [6, 6.07) is 1.09. The Morgan fingerprint density at radius 2 is 1.74 bits per heavy atom. The van der Waals surface area contributed by atoms with Crippen LogP contribution in [0.4, 0.5) is 36.4 Å². The maximum absolute atomic E-state index is 14.8. The van der Waals surface area contributed by atoms with Crippen LogP contribution in [0, 0.1) is 5.82 Å². The van der Waals surface area contributed by atoms with Crippen LogP contribution in [0.5, 0.6) is 0 Å². The molecule has 2 N–H and O–H groups in total. The number of benzene rings is 1. The fourth-order valence-electron chi connectivity index (χ4n) is 3.86. The minimum atomic E-state index is -4.98. The first-order valence-corrected chi connectivity index (χ1v) is 11.2. The predicted octanol–water partition coefficient (Wildman–Crippen LogP) is 4.26. The van der Waals surface area contributed by atoms with E-state index >= 15 is 0 Å². The number of alkyl halides is 6. The zero-order valence-corrected chi connectivity index (χ0v) is 19.8.